The normalized spacial score (nSPS) is 11.7. The molecule has 1 atom stereocenters. The van der Waals surface area contributed by atoms with E-state index in [1.807, 2.05) is 67.7 Å². The van der Waals surface area contributed by atoms with Gasteiger partial charge >= 0.3 is 0 Å². The minimum absolute atomic E-state index is 0.0214. The summed E-state index contributed by atoms with van der Waals surface area (Å²) in [5.41, 5.74) is 7.05. The van der Waals surface area contributed by atoms with Crippen molar-refractivity contribution in [1.29, 1.82) is 5.41 Å². The van der Waals surface area contributed by atoms with Crippen LogP contribution in [0, 0.1) is 5.41 Å². The fraction of sp³-hybridized carbons (Fsp3) is 0.258. The first-order valence-electron chi connectivity index (χ1n) is 13.2. The van der Waals surface area contributed by atoms with Gasteiger partial charge in [-0.2, -0.15) is 0 Å². The molecule has 0 saturated carbocycles. The van der Waals surface area contributed by atoms with Crippen LogP contribution >= 0.6 is 0 Å². The topological polar surface area (TPSA) is 123 Å². The third-order valence-electron chi connectivity index (χ3n) is 6.71. The SMILES string of the molecule is CN(Cc1ccc2ccccc2c1)C(=O)[C@H](CCCNC(=N)N)NCCNC(=O)c1ccc2ccccc2c1. The van der Waals surface area contributed by atoms with E-state index >= 15 is 0 Å². The van der Waals surface area contributed by atoms with Crippen LogP contribution in [0.3, 0.4) is 0 Å². The van der Waals surface area contributed by atoms with E-state index in [9.17, 15) is 9.59 Å². The molecule has 8 nitrogen and oxygen atoms in total. The molecule has 0 bridgehead atoms. The van der Waals surface area contributed by atoms with Crippen molar-refractivity contribution < 1.29 is 9.59 Å². The number of carbonyl (C=O) groups excluding carboxylic acids is 2. The Morgan fingerprint density at radius 1 is 0.821 bits per heavy atom. The van der Waals surface area contributed by atoms with E-state index in [0.717, 1.165) is 21.7 Å². The Labute approximate surface area is 229 Å². The molecule has 0 spiro atoms. The van der Waals surface area contributed by atoms with Crippen molar-refractivity contribution in [2.45, 2.75) is 25.4 Å². The highest BCUT2D eigenvalue weighted by atomic mass is 16.2. The predicted molar refractivity (Wildman–Crippen MR) is 158 cm³/mol. The van der Waals surface area contributed by atoms with Gasteiger partial charge < -0.3 is 26.6 Å². The number of guanidine groups is 1. The molecule has 0 aromatic heterocycles. The number of fused-ring (bicyclic) bond motifs is 2. The maximum Gasteiger partial charge on any atom is 0.251 e. The summed E-state index contributed by atoms with van der Waals surface area (Å²) >= 11 is 0. The second kappa shape index (κ2) is 13.4. The van der Waals surface area contributed by atoms with Crippen LogP contribution in [0.1, 0.15) is 28.8 Å². The summed E-state index contributed by atoms with van der Waals surface area (Å²) in [4.78, 5) is 27.8. The largest absolute Gasteiger partial charge is 0.370 e. The Morgan fingerprint density at radius 3 is 2.15 bits per heavy atom. The molecule has 202 valence electrons. The van der Waals surface area contributed by atoms with Crippen molar-refractivity contribution in [2.75, 3.05) is 26.7 Å². The number of hydrogen-bond acceptors (Lipinski definition) is 4. The average molecular weight is 525 g/mol. The smallest absolute Gasteiger partial charge is 0.251 e. The molecule has 0 radical (unpaired) electrons. The van der Waals surface area contributed by atoms with Crippen molar-refractivity contribution in [3.8, 4) is 0 Å². The molecule has 0 saturated heterocycles. The van der Waals surface area contributed by atoms with Gasteiger partial charge in [0.1, 0.15) is 0 Å². The van der Waals surface area contributed by atoms with Gasteiger partial charge in [0.2, 0.25) is 5.91 Å². The van der Waals surface area contributed by atoms with Gasteiger partial charge in [-0.15, -0.1) is 0 Å². The number of rotatable bonds is 12. The highest BCUT2D eigenvalue weighted by Crippen LogP contribution is 2.17. The maximum absolute atomic E-state index is 13.4. The minimum atomic E-state index is -0.429. The van der Waals surface area contributed by atoms with E-state index in [0.29, 0.717) is 44.6 Å². The lowest BCUT2D eigenvalue weighted by molar-refractivity contribution is -0.132. The molecule has 4 aromatic rings. The van der Waals surface area contributed by atoms with Gasteiger partial charge in [-0.05, 0) is 58.1 Å². The van der Waals surface area contributed by atoms with Crippen LogP contribution in [0.15, 0.2) is 84.9 Å². The fourth-order valence-corrected chi connectivity index (χ4v) is 4.65. The zero-order chi connectivity index (χ0) is 27.6. The zero-order valence-corrected chi connectivity index (χ0v) is 22.2. The quantitative estimate of drug-likeness (QED) is 0.110. The summed E-state index contributed by atoms with van der Waals surface area (Å²) in [7, 11) is 1.81. The standard InChI is InChI=1S/C31H36N6O2/c1-37(21-22-12-13-23-7-2-4-9-25(23)19-22)30(39)28(11-6-16-36-31(32)33)34-17-18-35-29(38)27-15-14-24-8-3-5-10-26(24)20-27/h2-5,7-10,12-15,19-20,28,34H,6,11,16-18,21H2,1H3,(H,35,38)(H4,32,33,36)/t28-/m0/s1. The maximum atomic E-state index is 13.4. The Kier molecular flexibility index (Phi) is 9.48. The van der Waals surface area contributed by atoms with Crippen LogP contribution in [-0.2, 0) is 11.3 Å². The number of nitrogens with two attached hydrogens (primary N) is 1. The highest BCUT2D eigenvalue weighted by Gasteiger charge is 2.21. The van der Waals surface area contributed by atoms with Gasteiger partial charge in [0.15, 0.2) is 5.96 Å². The molecule has 8 heteroatoms. The van der Waals surface area contributed by atoms with Crippen molar-refractivity contribution in [2.24, 2.45) is 5.73 Å². The van der Waals surface area contributed by atoms with Gasteiger partial charge in [0.25, 0.3) is 5.91 Å². The first-order valence-corrected chi connectivity index (χ1v) is 13.2. The van der Waals surface area contributed by atoms with Crippen molar-refractivity contribution in [3.63, 3.8) is 0 Å². The fourth-order valence-electron chi connectivity index (χ4n) is 4.65. The molecule has 2 amide bonds. The molecule has 0 aliphatic rings. The number of nitrogens with one attached hydrogen (secondary N) is 4. The van der Waals surface area contributed by atoms with Gasteiger partial charge in [0.05, 0.1) is 6.04 Å². The van der Waals surface area contributed by atoms with Crippen LogP contribution < -0.4 is 21.7 Å². The van der Waals surface area contributed by atoms with Crippen molar-refractivity contribution in [3.05, 3.63) is 96.1 Å². The number of likely N-dealkylation sites (N-methyl/N-ethyl adjacent to an activating group) is 1. The van der Waals surface area contributed by atoms with Crippen LogP contribution in [0.4, 0.5) is 0 Å². The summed E-state index contributed by atoms with van der Waals surface area (Å²) in [6, 6.07) is 27.5. The minimum Gasteiger partial charge on any atom is -0.370 e. The first kappa shape index (κ1) is 27.6. The number of amides is 2. The first-order chi connectivity index (χ1) is 18.9. The van der Waals surface area contributed by atoms with Gasteiger partial charge in [-0.1, -0.05) is 66.7 Å². The summed E-state index contributed by atoms with van der Waals surface area (Å²) in [6.07, 6.45) is 1.23. The molecule has 0 aliphatic heterocycles. The molecule has 0 heterocycles. The Bertz CT molecular complexity index is 1450. The van der Waals surface area contributed by atoms with E-state index in [1.165, 1.54) is 5.39 Å². The molecular weight excluding hydrogens is 488 g/mol. The van der Waals surface area contributed by atoms with E-state index in [-0.39, 0.29) is 17.8 Å². The lowest BCUT2D eigenvalue weighted by atomic mass is 10.1. The molecular formula is C31H36N6O2. The Balaban J connectivity index is 1.33. The highest BCUT2D eigenvalue weighted by molar-refractivity contribution is 5.98. The second-order valence-electron chi connectivity index (χ2n) is 9.68. The number of nitrogens with zero attached hydrogens (tertiary/aromatic N) is 1. The Morgan fingerprint density at radius 2 is 1.46 bits per heavy atom. The van der Waals surface area contributed by atoms with Crippen LogP contribution in [0.5, 0.6) is 0 Å². The molecule has 4 rings (SSSR count). The molecule has 4 aromatic carbocycles. The second-order valence-corrected chi connectivity index (χ2v) is 9.68. The third kappa shape index (κ3) is 7.78. The summed E-state index contributed by atoms with van der Waals surface area (Å²) in [5, 5.41) is 20.8. The van der Waals surface area contributed by atoms with Crippen molar-refractivity contribution in [1.82, 2.24) is 20.9 Å². The van der Waals surface area contributed by atoms with Gasteiger partial charge in [-0.3, -0.25) is 15.0 Å². The zero-order valence-electron chi connectivity index (χ0n) is 22.2. The third-order valence-corrected chi connectivity index (χ3v) is 6.71. The molecule has 6 N–H and O–H groups in total. The number of carbonyl (C=O) groups is 2. The predicted octanol–water partition coefficient (Wildman–Crippen LogP) is 3.60. The average Bonchev–Trinajstić information content (AvgIpc) is 2.95. The molecule has 0 aliphatic carbocycles. The van der Waals surface area contributed by atoms with E-state index < -0.39 is 6.04 Å². The lowest BCUT2D eigenvalue weighted by Crippen LogP contribution is -2.47. The molecule has 0 fully saturated rings. The van der Waals surface area contributed by atoms with E-state index in [2.05, 4.69) is 40.2 Å². The van der Waals surface area contributed by atoms with Crippen molar-refractivity contribution >= 4 is 39.3 Å². The van der Waals surface area contributed by atoms with E-state index in [1.54, 1.807) is 4.90 Å². The van der Waals surface area contributed by atoms with Crippen LogP contribution in [-0.4, -0.2) is 55.4 Å². The van der Waals surface area contributed by atoms with Crippen LogP contribution in [0.2, 0.25) is 0 Å². The van der Waals surface area contributed by atoms with Gasteiger partial charge in [0, 0.05) is 38.8 Å². The Hall–Kier alpha value is -4.43. The monoisotopic (exact) mass is 524 g/mol. The summed E-state index contributed by atoms with van der Waals surface area (Å²) in [5.74, 6) is -0.257. The van der Waals surface area contributed by atoms with Gasteiger partial charge in [-0.25, -0.2) is 0 Å². The van der Waals surface area contributed by atoms with Crippen LogP contribution in [0.25, 0.3) is 21.5 Å². The molecule has 39 heavy (non-hydrogen) atoms. The summed E-state index contributed by atoms with van der Waals surface area (Å²) in [6.45, 7) is 1.83. The molecule has 0 unspecified atom stereocenters. The summed E-state index contributed by atoms with van der Waals surface area (Å²) < 4.78 is 0. The lowest BCUT2D eigenvalue weighted by Gasteiger charge is -2.25. The number of hydrogen-bond donors (Lipinski definition) is 5. The number of benzene rings is 4. The van der Waals surface area contributed by atoms with E-state index in [4.69, 9.17) is 11.1 Å².